The first-order valence-corrected chi connectivity index (χ1v) is 6.37. The van der Waals surface area contributed by atoms with Crippen molar-refractivity contribution < 1.29 is 4.74 Å². The van der Waals surface area contributed by atoms with Crippen LogP contribution in [0.5, 0.6) is 0 Å². The van der Waals surface area contributed by atoms with Crippen LogP contribution in [-0.4, -0.2) is 36.9 Å². The molecule has 1 aromatic carbocycles. The maximum atomic E-state index is 5.69. The Morgan fingerprint density at radius 3 is 2.71 bits per heavy atom. The molecule has 2 heterocycles. The molecule has 3 rings (SSSR count). The van der Waals surface area contributed by atoms with Gasteiger partial charge in [0.1, 0.15) is 6.23 Å². The van der Waals surface area contributed by atoms with E-state index in [-0.39, 0.29) is 11.8 Å². The molecule has 0 aliphatic carbocycles. The van der Waals surface area contributed by atoms with Crippen LogP contribution in [0.4, 0.5) is 0 Å². The standard InChI is InChI=1S/C14H20N2O/c1-14(2,11-6-4-3-5-7-11)16-10-12(16)13-15-8-9-17-13/h3-7,12-13,15H,8-10H2,1-2H3. The summed E-state index contributed by atoms with van der Waals surface area (Å²) in [5, 5.41) is 3.41. The van der Waals surface area contributed by atoms with Crippen molar-refractivity contribution in [2.45, 2.75) is 31.7 Å². The lowest BCUT2D eigenvalue weighted by Crippen LogP contribution is -2.36. The Balaban J connectivity index is 1.73. The summed E-state index contributed by atoms with van der Waals surface area (Å²) in [5.74, 6) is 0. The zero-order valence-corrected chi connectivity index (χ0v) is 10.5. The molecule has 17 heavy (non-hydrogen) atoms. The molecule has 2 aliphatic heterocycles. The molecule has 1 N–H and O–H groups in total. The molecule has 1 aromatic rings. The van der Waals surface area contributed by atoms with Crippen LogP contribution in [0.2, 0.25) is 0 Å². The van der Waals surface area contributed by atoms with E-state index in [2.05, 4.69) is 54.4 Å². The van der Waals surface area contributed by atoms with Crippen LogP contribution < -0.4 is 5.32 Å². The molecule has 3 atom stereocenters. The lowest BCUT2D eigenvalue weighted by molar-refractivity contribution is 0.0766. The van der Waals surface area contributed by atoms with Gasteiger partial charge >= 0.3 is 0 Å². The number of hydrogen-bond acceptors (Lipinski definition) is 3. The molecule has 2 fully saturated rings. The Morgan fingerprint density at radius 2 is 2.06 bits per heavy atom. The number of hydrogen-bond donors (Lipinski definition) is 1. The van der Waals surface area contributed by atoms with Crippen LogP contribution >= 0.6 is 0 Å². The van der Waals surface area contributed by atoms with E-state index in [1.54, 1.807) is 0 Å². The van der Waals surface area contributed by atoms with Gasteiger partial charge in [0.15, 0.2) is 0 Å². The number of benzene rings is 1. The Labute approximate surface area is 103 Å². The summed E-state index contributed by atoms with van der Waals surface area (Å²) in [6, 6.07) is 11.2. The minimum Gasteiger partial charge on any atom is -0.360 e. The van der Waals surface area contributed by atoms with Gasteiger partial charge < -0.3 is 4.74 Å². The van der Waals surface area contributed by atoms with E-state index in [4.69, 9.17) is 4.74 Å². The molecule has 0 saturated carbocycles. The van der Waals surface area contributed by atoms with E-state index in [1.165, 1.54) is 5.56 Å². The average molecular weight is 232 g/mol. The van der Waals surface area contributed by atoms with E-state index in [1.807, 2.05) is 0 Å². The van der Waals surface area contributed by atoms with E-state index in [0.29, 0.717) is 6.04 Å². The van der Waals surface area contributed by atoms with Gasteiger partial charge in [-0.25, -0.2) is 0 Å². The SMILES string of the molecule is CC(C)(c1ccccc1)N1CC1C1NCCO1. The molecule has 3 nitrogen and oxygen atoms in total. The van der Waals surface area contributed by atoms with Crippen molar-refractivity contribution in [1.82, 2.24) is 10.2 Å². The van der Waals surface area contributed by atoms with Crippen molar-refractivity contribution in [2.24, 2.45) is 0 Å². The normalized spacial score (nSPS) is 32.7. The third kappa shape index (κ3) is 1.99. The molecule has 0 amide bonds. The second-order valence-electron chi connectivity index (χ2n) is 5.39. The molecular formula is C14H20N2O. The van der Waals surface area contributed by atoms with Crippen molar-refractivity contribution in [3.05, 3.63) is 35.9 Å². The van der Waals surface area contributed by atoms with Crippen LogP contribution in [0.15, 0.2) is 30.3 Å². The quantitative estimate of drug-likeness (QED) is 0.800. The highest BCUT2D eigenvalue weighted by molar-refractivity contribution is 5.25. The molecular weight excluding hydrogens is 212 g/mol. The van der Waals surface area contributed by atoms with Gasteiger partial charge in [0.05, 0.1) is 12.6 Å². The summed E-state index contributed by atoms with van der Waals surface area (Å²) in [6.45, 7) is 7.54. The first kappa shape index (κ1) is 11.2. The lowest BCUT2D eigenvalue weighted by atomic mass is 9.94. The Hall–Kier alpha value is -0.900. The van der Waals surface area contributed by atoms with Crippen molar-refractivity contribution in [1.29, 1.82) is 0 Å². The highest BCUT2D eigenvalue weighted by Gasteiger charge is 2.50. The summed E-state index contributed by atoms with van der Waals surface area (Å²) in [7, 11) is 0. The fraction of sp³-hybridized carbons (Fsp3) is 0.571. The Morgan fingerprint density at radius 1 is 1.29 bits per heavy atom. The fourth-order valence-electron chi connectivity index (χ4n) is 2.76. The highest BCUT2D eigenvalue weighted by atomic mass is 16.5. The van der Waals surface area contributed by atoms with Crippen LogP contribution in [0.25, 0.3) is 0 Å². The van der Waals surface area contributed by atoms with Gasteiger partial charge in [0.2, 0.25) is 0 Å². The number of nitrogens with one attached hydrogen (secondary N) is 1. The van der Waals surface area contributed by atoms with E-state index in [0.717, 1.165) is 19.7 Å². The fourth-order valence-corrected chi connectivity index (χ4v) is 2.76. The second-order valence-corrected chi connectivity index (χ2v) is 5.39. The minimum absolute atomic E-state index is 0.0968. The van der Waals surface area contributed by atoms with E-state index < -0.39 is 0 Å². The van der Waals surface area contributed by atoms with Crippen molar-refractivity contribution in [3.8, 4) is 0 Å². The minimum atomic E-state index is 0.0968. The van der Waals surface area contributed by atoms with Crippen molar-refractivity contribution in [3.63, 3.8) is 0 Å². The predicted molar refractivity (Wildman–Crippen MR) is 67.7 cm³/mol. The molecule has 3 unspecified atom stereocenters. The molecule has 0 aromatic heterocycles. The molecule has 92 valence electrons. The largest absolute Gasteiger partial charge is 0.360 e. The summed E-state index contributed by atoms with van der Waals surface area (Å²) >= 11 is 0. The zero-order chi connectivity index (χ0) is 11.9. The van der Waals surface area contributed by atoms with E-state index >= 15 is 0 Å². The molecule has 0 radical (unpaired) electrons. The van der Waals surface area contributed by atoms with E-state index in [9.17, 15) is 0 Å². The van der Waals surface area contributed by atoms with Crippen LogP contribution in [0.3, 0.4) is 0 Å². The van der Waals surface area contributed by atoms with Gasteiger partial charge in [-0.2, -0.15) is 0 Å². The van der Waals surface area contributed by atoms with Crippen LogP contribution in [-0.2, 0) is 10.3 Å². The van der Waals surface area contributed by atoms with Crippen LogP contribution in [0.1, 0.15) is 19.4 Å². The summed E-state index contributed by atoms with van der Waals surface area (Å²) in [6.07, 6.45) is 0.234. The molecule has 0 bridgehead atoms. The lowest BCUT2D eigenvalue weighted by Gasteiger charge is -2.29. The van der Waals surface area contributed by atoms with Gasteiger partial charge in [-0.3, -0.25) is 10.2 Å². The maximum absolute atomic E-state index is 5.69. The third-order valence-electron chi connectivity index (χ3n) is 3.94. The van der Waals surface area contributed by atoms with Crippen molar-refractivity contribution in [2.75, 3.05) is 19.7 Å². The van der Waals surface area contributed by atoms with Gasteiger partial charge in [-0.1, -0.05) is 30.3 Å². The molecule has 3 heteroatoms. The Kier molecular flexibility index (Phi) is 2.69. The van der Waals surface area contributed by atoms with Gasteiger partial charge in [-0.05, 0) is 19.4 Å². The van der Waals surface area contributed by atoms with Crippen LogP contribution in [0, 0.1) is 0 Å². The second kappa shape index (κ2) is 4.09. The summed E-state index contributed by atoms with van der Waals surface area (Å²) in [5.41, 5.74) is 1.47. The molecule has 0 spiro atoms. The maximum Gasteiger partial charge on any atom is 0.125 e. The Bertz CT molecular complexity index is 384. The molecule has 2 saturated heterocycles. The monoisotopic (exact) mass is 232 g/mol. The molecule has 2 aliphatic rings. The van der Waals surface area contributed by atoms with Crippen molar-refractivity contribution >= 4 is 0 Å². The van der Waals surface area contributed by atoms with Gasteiger partial charge in [0, 0.05) is 18.6 Å². The number of ether oxygens (including phenoxy) is 1. The first-order chi connectivity index (χ1) is 8.19. The topological polar surface area (TPSA) is 24.3 Å². The summed E-state index contributed by atoms with van der Waals surface area (Å²) in [4.78, 5) is 2.51. The van der Waals surface area contributed by atoms with Gasteiger partial charge in [0.25, 0.3) is 0 Å². The third-order valence-corrected chi connectivity index (χ3v) is 3.94. The highest BCUT2D eigenvalue weighted by Crippen LogP contribution is 2.39. The predicted octanol–water partition coefficient (Wildman–Crippen LogP) is 1.55. The number of rotatable bonds is 3. The van der Waals surface area contributed by atoms with Gasteiger partial charge in [-0.15, -0.1) is 0 Å². The zero-order valence-electron chi connectivity index (χ0n) is 10.5. The summed E-state index contributed by atoms with van der Waals surface area (Å²) < 4.78 is 5.69. The average Bonchev–Trinajstić information content (AvgIpc) is 2.99. The smallest absolute Gasteiger partial charge is 0.125 e. The number of nitrogens with zero attached hydrogens (tertiary/aromatic N) is 1. The first-order valence-electron chi connectivity index (χ1n) is 6.37.